The van der Waals surface area contributed by atoms with E-state index in [4.69, 9.17) is 20.0 Å². The third-order valence-corrected chi connectivity index (χ3v) is 7.60. The number of hydrogen-bond acceptors (Lipinski definition) is 10. The largest absolute Gasteiger partial charge is 0.480 e. The van der Waals surface area contributed by atoms with Gasteiger partial charge in [-0.3, -0.25) is 19.0 Å². The van der Waals surface area contributed by atoms with E-state index in [1.807, 2.05) is 0 Å². The molecule has 256 valence electrons. The molecule has 49 heavy (non-hydrogen) atoms. The molecule has 0 aliphatic carbocycles. The number of aliphatic carboxylic acids is 1. The van der Waals surface area contributed by atoms with Crippen LogP contribution in [-0.4, -0.2) is 66.3 Å². The number of rotatable bonds is 16. The first kappa shape index (κ1) is 36.2. The Morgan fingerprint density at radius 2 is 1.22 bits per heavy atom. The van der Waals surface area contributed by atoms with E-state index in [0.29, 0.717) is 16.7 Å². The fraction of sp³-hybridized carbons (Fsp3) is 0.212. The SMILES string of the molecule is Nc1ccn(CC(=O)NC(Cc2ccccc2)C(=O)NC(Cc2ccccc2)C(=O)NC(Cc2ccc(OP(O)O)cc2)C(=O)O)c(=O)n1. The highest BCUT2D eigenvalue weighted by Crippen LogP contribution is 2.28. The fourth-order valence-electron chi connectivity index (χ4n) is 4.84. The molecule has 3 atom stereocenters. The number of nitrogens with two attached hydrogens (primary N) is 1. The number of benzene rings is 3. The Hall–Kier alpha value is -5.63. The maximum Gasteiger partial charge on any atom is 0.391 e. The van der Waals surface area contributed by atoms with Crippen LogP contribution in [0, 0.1) is 0 Å². The highest BCUT2D eigenvalue weighted by Gasteiger charge is 2.30. The zero-order chi connectivity index (χ0) is 35.3. The van der Waals surface area contributed by atoms with E-state index < -0.39 is 62.7 Å². The molecule has 3 amide bonds. The van der Waals surface area contributed by atoms with Gasteiger partial charge in [0.1, 0.15) is 36.2 Å². The van der Waals surface area contributed by atoms with Crippen molar-refractivity contribution in [3.05, 3.63) is 124 Å². The Labute approximate surface area is 281 Å². The van der Waals surface area contributed by atoms with Crippen molar-refractivity contribution in [1.82, 2.24) is 25.5 Å². The summed E-state index contributed by atoms with van der Waals surface area (Å²) in [6.07, 6.45) is 1.21. The summed E-state index contributed by atoms with van der Waals surface area (Å²) in [5, 5.41) is 17.8. The summed E-state index contributed by atoms with van der Waals surface area (Å²) in [7, 11) is -2.63. The van der Waals surface area contributed by atoms with Crippen molar-refractivity contribution in [3.63, 3.8) is 0 Å². The zero-order valence-electron chi connectivity index (χ0n) is 26.0. The summed E-state index contributed by atoms with van der Waals surface area (Å²) in [5.74, 6) is -3.34. The predicted octanol–water partition coefficient (Wildman–Crippen LogP) is 0.683. The fourth-order valence-corrected chi connectivity index (χ4v) is 5.15. The summed E-state index contributed by atoms with van der Waals surface area (Å²) in [6.45, 7) is -0.451. The lowest BCUT2D eigenvalue weighted by Gasteiger charge is -2.25. The van der Waals surface area contributed by atoms with Crippen LogP contribution in [-0.2, 0) is 45.0 Å². The second kappa shape index (κ2) is 17.5. The maximum absolute atomic E-state index is 13.8. The lowest BCUT2D eigenvalue weighted by molar-refractivity contribution is -0.142. The van der Waals surface area contributed by atoms with Gasteiger partial charge in [-0.25, -0.2) is 9.59 Å². The molecule has 0 fully saturated rings. The first-order valence-corrected chi connectivity index (χ1v) is 16.1. The summed E-state index contributed by atoms with van der Waals surface area (Å²) in [4.78, 5) is 86.6. The van der Waals surface area contributed by atoms with E-state index in [1.165, 1.54) is 36.5 Å². The van der Waals surface area contributed by atoms with Crippen LogP contribution in [0.4, 0.5) is 5.82 Å². The van der Waals surface area contributed by atoms with Gasteiger partial charge in [0.2, 0.25) is 17.7 Å². The summed E-state index contributed by atoms with van der Waals surface area (Å²) in [6, 6.07) is 21.0. The van der Waals surface area contributed by atoms with E-state index in [-0.39, 0.29) is 30.8 Å². The summed E-state index contributed by atoms with van der Waals surface area (Å²) < 4.78 is 5.86. The molecule has 0 bridgehead atoms. The first-order chi connectivity index (χ1) is 23.5. The molecule has 1 heterocycles. The molecule has 4 rings (SSSR count). The molecule has 0 aliphatic rings. The van der Waals surface area contributed by atoms with Crippen LogP contribution >= 0.6 is 8.60 Å². The number of carboxylic acids is 1. The second-order valence-electron chi connectivity index (χ2n) is 10.9. The van der Waals surface area contributed by atoms with Crippen molar-refractivity contribution in [1.29, 1.82) is 0 Å². The van der Waals surface area contributed by atoms with Gasteiger partial charge < -0.3 is 41.1 Å². The molecule has 3 unspecified atom stereocenters. The number of carboxylic acid groups (broad SMARTS) is 1. The number of aromatic nitrogens is 2. The van der Waals surface area contributed by atoms with E-state index in [1.54, 1.807) is 60.7 Å². The van der Waals surface area contributed by atoms with Crippen molar-refractivity contribution in [2.45, 2.75) is 43.9 Å². The van der Waals surface area contributed by atoms with Gasteiger partial charge in [0.05, 0.1) is 0 Å². The molecule has 16 heteroatoms. The molecule has 4 aromatic rings. The summed E-state index contributed by atoms with van der Waals surface area (Å²) >= 11 is 0. The number of carbonyl (C=O) groups excluding carboxylic acids is 3. The monoisotopic (exact) mass is 690 g/mol. The van der Waals surface area contributed by atoms with Crippen LogP contribution < -0.4 is 31.9 Å². The molecule has 8 N–H and O–H groups in total. The zero-order valence-corrected chi connectivity index (χ0v) is 26.9. The number of nitrogen functional groups attached to an aromatic ring is 1. The van der Waals surface area contributed by atoms with Crippen molar-refractivity contribution in [3.8, 4) is 5.75 Å². The standard InChI is InChI=1S/C33H35N6O9P/c34-28-15-16-39(33(45)38-28)20-29(40)35-25(17-21-7-3-1-4-8-21)30(41)36-26(18-22-9-5-2-6-10-22)31(42)37-27(32(43)44)19-23-11-13-24(14-12-23)48-49(46)47/h1-16,25-27,46-47H,17-20H2,(H,35,40)(H,36,41)(H,37,42)(H,43,44)(H2,34,38,45). The average Bonchev–Trinajstić information content (AvgIpc) is 3.06. The molecule has 3 aromatic carbocycles. The maximum atomic E-state index is 13.8. The van der Waals surface area contributed by atoms with Gasteiger partial charge in [0, 0.05) is 25.5 Å². The van der Waals surface area contributed by atoms with Crippen molar-refractivity contribution >= 4 is 38.1 Å². The van der Waals surface area contributed by atoms with Crippen molar-refractivity contribution in [2.24, 2.45) is 0 Å². The minimum atomic E-state index is -2.63. The molecule has 15 nitrogen and oxygen atoms in total. The van der Waals surface area contributed by atoms with E-state index in [9.17, 15) is 29.1 Å². The van der Waals surface area contributed by atoms with Crippen LogP contribution in [0.5, 0.6) is 5.75 Å². The van der Waals surface area contributed by atoms with Crippen LogP contribution in [0.15, 0.2) is 102 Å². The minimum Gasteiger partial charge on any atom is -0.480 e. The van der Waals surface area contributed by atoms with Crippen LogP contribution in [0.3, 0.4) is 0 Å². The second-order valence-corrected chi connectivity index (χ2v) is 11.6. The highest BCUT2D eigenvalue weighted by atomic mass is 31.2. The van der Waals surface area contributed by atoms with Gasteiger partial charge in [-0.2, -0.15) is 4.98 Å². The third-order valence-electron chi connectivity index (χ3n) is 7.22. The Kier molecular flexibility index (Phi) is 12.9. The lowest BCUT2D eigenvalue weighted by atomic mass is 10.0. The first-order valence-electron chi connectivity index (χ1n) is 15.0. The van der Waals surface area contributed by atoms with Gasteiger partial charge in [-0.15, -0.1) is 0 Å². The van der Waals surface area contributed by atoms with Crippen LogP contribution in [0.2, 0.25) is 0 Å². The average molecular weight is 691 g/mol. The Bertz CT molecular complexity index is 1790. The molecule has 0 saturated carbocycles. The molecular weight excluding hydrogens is 655 g/mol. The quantitative estimate of drug-likeness (QED) is 0.0808. The molecule has 0 saturated heterocycles. The molecule has 0 radical (unpaired) electrons. The van der Waals surface area contributed by atoms with Gasteiger partial charge in [0.15, 0.2) is 0 Å². The molecule has 1 aromatic heterocycles. The van der Waals surface area contributed by atoms with Gasteiger partial charge >= 0.3 is 20.3 Å². The van der Waals surface area contributed by atoms with Crippen molar-refractivity contribution < 1.29 is 38.6 Å². The molecular formula is C33H35N6O9P. The third kappa shape index (κ3) is 11.5. The van der Waals surface area contributed by atoms with E-state index in [0.717, 1.165) is 4.57 Å². The van der Waals surface area contributed by atoms with E-state index >= 15 is 0 Å². The smallest absolute Gasteiger partial charge is 0.391 e. The lowest BCUT2D eigenvalue weighted by Crippen LogP contribution is -2.57. The number of nitrogens with zero attached hydrogens (tertiary/aromatic N) is 2. The topological polar surface area (TPSA) is 235 Å². The Morgan fingerprint density at radius 1 is 0.735 bits per heavy atom. The number of nitrogens with one attached hydrogen (secondary N) is 3. The molecule has 0 spiro atoms. The predicted molar refractivity (Wildman–Crippen MR) is 179 cm³/mol. The number of amides is 3. The number of anilines is 1. The normalized spacial score (nSPS) is 12.7. The summed E-state index contributed by atoms with van der Waals surface area (Å²) in [5.41, 5.74) is 6.67. The Balaban J connectivity index is 1.54. The Morgan fingerprint density at radius 3 is 1.73 bits per heavy atom. The van der Waals surface area contributed by atoms with Gasteiger partial charge in [-0.1, -0.05) is 72.8 Å². The van der Waals surface area contributed by atoms with Gasteiger partial charge in [-0.05, 0) is 34.9 Å². The van der Waals surface area contributed by atoms with Crippen LogP contribution in [0.1, 0.15) is 16.7 Å². The highest BCUT2D eigenvalue weighted by molar-refractivity contribution is 7.39. The van der Waals surface area contributed by atoms with E-state index in [2.05, 4.69) is 20.9 Å². The van der Waals surface area contributed by atoms with Crippen LogP contribution in [0.25, 0.3) is 0 Å². The minimum absolute atomic E-state index is 0.000588. The van der Waals surface area contributed by atoms with Crippen molar-refractivity contribution in [2.75, 3.05) is 5.73 Å². The number of hydrogen-bond donors (Lipinski definition) is 7. The number of carbonyl (C=O) groups is 4. The molecule has 0 aliphatic heterocycles. The van der Waals surface area contributed by atoms with Gasteiger partial charge in [0.25, 0.3) is 0 Å².